The van der Waals surface area contributed by atoms with Crippen molar-refractivity contribution in [3.05, 3.63) is 22.7 Å². The van der Waals surface area contributed by atoms with Crippen LogP contribution in [0.3, 0.4) is 0 Å². The highest BCUT2D eigenvalue weighted by Crippen LogP contribution is 2.25. The summed E-state index contributed by atoms with van der Waals surface area (Å²) in [5, 5.41) is 7.49. The highest BCUT2D eigenvalue weighted by atomic mass is 79.9. The molecule has 0 heterocycles. The number of halogens is 1. The number of anilines is 1. The number of amides is 1. The lowest BCUT2D eigenvalue weighted by atomic mass is 10.3. The van der Waals surface area contributed by atoms with Gasteiger partial charge >= 0.3 is 0 Å². The first kappa shape index (κ1) is 13.7. The lowest BCUT2D eigenvalue weighted by Gasteiger charge is -2.07. The number of sulfonamides is 1. The monoisotopic (exact) mass is 316 g/mol. The first-order valence-corrected chi connectivity index (χ1v) is 6.74. The predicted octanol–water partition coefficient (Wildman–Crippen LogP) is 1.06. The highest BCUT2D eigenvalue weighted by molar-refractivity contribution is 9.10. The fourth-order valence-electron chi connectivity index (χ4n) is 1.06. The molecule has 0 fully saturated rings. The number of terminal acetylenes is 1. The molecular weight excluding hydrogens is 308 g/mol. The fourth-order valence-corrected chi connectivity index (χ4v) is 2.23. The standard InChI is InChI=1S/C10H9BrN2O3S/c1-2-3-10(14)13-9-5-4-7(6-8(9)11)17(12,15)16/h1,4-6H,3H2,(H,13,14)(H2,12,15,16). The van der Waals surface area contributed by atoms with E-state index < -0.39 is 10.0 Å². The average Bonchev–Trinajstić information content (AvgIpc) is 2.20. The summed E-state index contributed by atoms with van der Waals surface area (Å²) in [5.41, 5.74) is 0.428. The second kappa shape index (κ2) is 5.31. The lowest BCUT2D eigenvalue weighted by molar-refractivity contribution is -0.115. The molecule has 0 bridgehead atoms. The Labute approximate surface area is 108 Å². The zero-order valence-electron chi connectivity index (χ0n) is 8.60. The van der Waals surface area contributed by atoms with E-state index in [2.05, 4.69) is 27.2 Å². The van der Waals surface area contributed by atoms with Crippen LogP contribution >= 0.6 is 15.9 Å². The van der Waals surface area contributed by atoms with Gasteiger partial charge in [0.25, 0.3) is 0 Å². The summed E-state index contributed by atoms with van der Waals surface area (Å²) in [7, 11) is -3.76. The molecule has 0 atom stereocenters. The number of hydrogen-bond acceptors (Lipinski definition) is 3. The van der Waals surface area contributed by atoms with Gasteiger partial charge in [-0.1, -0.05) is 5.92 Å². The Morgan fingerprint density at radius 1 is 1.53 bits per heavy atom. The summed E-state index contributed by atoms with van der Waals surface area (Å²) >= 11 is 3.13. The Balaban J connectivity index is 3.00. The smallest absolute Gasteiger partial charge is 0.238 e. The SMILES string of the molecule is C#CCC(=O)Nc1ccc(S(N)(=O)=O)cc1Br. The van der Waals surface area contributed by atoms with Gasteiger partial charge in [-0.15, -0.1) is 6.42 Å². The molecule has 1 amide bonds. The minimum atomic E-state index is -3.76. The molecule has 17 heavy (non-hydrogen) atoms. The number of primary sulfonamides is 1. The number of rotatable bonds is 3. The topological polar surface area (TPSA) is 89.3 Å². The van der Waals surface area contributed by atoms with Crippen LogP contribution in [-0.2, 0) is 14.8 Å². The molecule has 0 aliphatic heterocycles. The maximum atomic E-state index is 11.2. The first-order valence-electron chi connectivity index (χ1n) is 4.40. The van der Waals surface area contributed by atoms with Gasteiger partial charge in [0.2, 0.25) is 15.9 Å². The Morgan fingerprint density at radius 3 is 2.65 bits per heavy atom. The van der Waals surface area contributed by atoms with Crippen molar-refractivity contribution in [2.45, 2.75) is 11.3 Å². The maximum absolute atomic E-state index is 11.2. The van der Waals surface area contributed by atoms with Gasteiger partial charge in [0.1, 0.15) is 0 Å². The van der Waals surface area contributed by atoms with Gasteiger partial charge in [-0.3, -0.25) is 4.79 Å². The van der Waals surface area contributed by atoms with Gasteiger partial charge in [0, 0.05) is 4.47 Å². The minimum absolute atomic E-state index is 0.0423. The van der Waals surface area contributed by atoms with Crippen molar-refractivity contribution in [3.8, 4) is 12.3 Å². The van der Waals surface area contributed by atoms with Crippen LogP contribution in [0.25, 0.3) is 0 Å². The Kier molecular flexibility index (Phi) is 4.28. The minimum Gasteiger partial charge on any atom is -0.324 e. The number of carbonyl (C=O) groups excluding carboxylic acids is 1. The summed E-state index contributed by atoms with van der Waals surface area (Å²) in [6.07, 6.45) is 4.93. The largest absolute Gasteiger partial charge is 0.324 e. The number of nitrogens with one attached hydrogen (secondary N) is 1. The van der Waals surface area contributed by atoms with Crippen molar-refractivity contribution in [1.82, 2.24) is 0 Å². The summed E-state index contributed by atoms with van der Waals surface area (Å²) < 4.78 is 22.5. The van der Waals surface area contributed by atoms with E-state index in [1.54, 1.807) is 0 Å². The van der Waals surface area contributed by atoms with Crippen LogP contribution in [0.15, 0.2) is 27.6 Å². The molecule has 1 aromatic carbocycles. The summed E-state index contributed by atoms with van der Waals surface area (Å²) in [5.74, 6) is 1.85. The van der Waals surface area contributed by atoms with E-state index in [0.717, 1.165) is 0 Å². The third-order valence-corrected chi connectivity index (χ3v) is 3.37. The van der Waals surface area contributed by atoms with Crippen molar-refractivity contribution < 1.29 is 13.2 Å². The number of carbonyl (C=O) groups is 1. The van der Waals surface area contributed by atoms with Crippen LogP contribution in [0, 0.1) is 12.3 Å². The molecule has 0 unspecified atom stereocenters. The maximum Gasteiger partial charge on any atom is 0.238 e. The van der Waals surface area contributed by atoms with Crippen molar-refractivity contribution in [3.63, 3.8) is 0 Å². The van der Waals surface area contributed by atoms with Crippen LogP contribution in [0.4, 0.5) is 5.69 Å². The molecule has 0 aliphatic rings. The molecule has 0 aliphatic carbocycles. The van der Waals surface area contributed by atoms with Crippen molar-refractivity contribution in [1.29, 1.82) is 0 Å². The predicted molar refractivity (Wildman–Crippen MR) is 67.6 cm³/mol. The molecule has 1 rings (SSSR count). The van der Waals surface area contributed by atoms with E-state index >= 15 is 0 Å². The molecule has 7 heteroatoms. The van der Waals surface area contributed by atoms with Gasteiger partial charge in [-0.05, 0) is 34.1 Å². The number of hydrogen-bond donors (Lipinski definition) is 2. The Hall–Kier alpha value is -1.36. The Bertz CT molecular complexity index is 590. The van der Waals surface area contributed by atoms with Gasteiger partial charge in [0.05, 0.1) is 17.0 Å². The molecule has 3 N–H and O–H groups in total. The third-order valence-electron chi connectivity index (χ3n) is 1.81. The summed E-state index contributed by atoms with van der Waals surface area (Å²) in [4.78, 5) is 11.2. The van der Waals surface area contributed by atoms with E-state index in [1.807, 2.05) is 0 Å². The second-order valence-corrected chi connectivity index (χ2v) is 5.53. The van der Waals surface area contributed by atoms with Gasteiger partial charge in [0.15, 0.2) is 0 Å². The lowest BCUT2D eigenvalue weighted by Crippen LogP contribution is -2.13. The fraction of sp³-hybridized carbons (Fsp3) is 0.100. The Morgan fingerprint density at radius 2 is 2.18 bits per heavy atom. The second-order valence-electron chi connectivity index (χ2n) is 3.12. The first-order chi connectivity index (χ1) is 7.84. The quantitative estimate of drug-likeness (QED) is 0.817. The molecular formula is C10H9BrN2O3S. The summed E-state index contributed by atoms with van der Waals surface area (Å²) in [6, 6.07) is 4.03. The van der Waals surface area contributed by atoms with Gasteiger partial charge < -0.3 is 5.32 Å². The van der Waals surface area contributed by atoms with Crippen molar-refractivity contribution >= 4 is 37.5 Å². The summed E-state index contributed by atoms with van der Waals surface area (Å²) in [6.45, 7) is 0. The van der Waals surface area contributed by atoms with E-state index in [0.29, 0.717) is 10.2 Å². The zero-order valence-corrected chi connectivity index (χ0v) is 11.0. The van der Waals surface area contributed by atoms with Gasteiger partial charge in [-0.25, -0.2) is 13.6 Å². The molecule has 0 aromatic heterocycles. The molecule has 0 spiro atoms. The van der Waals surface area contributed by atoms with Crippen LogP contribution in [0.5, 0.6) is 0 Å². The highest BCUT2D eigenvalue weighted by Gasteiger charge is 2.11. The van der Waals surface area contributed by atoms with Crippen LogP contribution in [0.2, 0.25) is 0 Å². The average molecular weight is 317 g/mol. The van der Waals surface area contributed by atoms with Crippen molar-refractivity contribution in [2.75, 3.05) is 5.32 Å². The molecule has 5 nitrogen and oxygen atoms in total. The van der Waals surface area contributed by atoms with E-state index in [-0.39, 0.29) is 17.2 Å². The van der Waals surface area contributed by atoms with Gasteiger partial charge in [-0.2, -0.15) is 0 Å². The third kappa shape index (κ3) is 3.85. The van der Waals surface area contributed by atoms with Crippen LogP contribution in [0.1, 0.15) is 6.42 Å². The molecule has 1 aromatic rings. The van der Waals surface area contributed by atoms with Crippen LogP contribution in [-0.4, -0.2) is 14.3 Å². The zero-order chi connectivity index (χ0) is 13.1. The van der Waals surface area contributed by atoms with E-state index in [9.17, 15) is 13.2 Å². The van der Waals surface area contributed by atoms with Crippen molar-refractivity contribution in [2.24, 2.45) is 5.14 Å². The normalized spacial score (nSPS) is 10.6. The molecule has 90 valence electrons. The number of benzene rings is 1. The molecule has 0 saturated heterocycles. The molecule has 0 radical (unpaired) electrons. The number of nitrogens with two attached hydrogens (primary N) is 1. The van der Waals surface area contributed by atoms with E-state index in [1.165, 1.54) is 18.2 Å². The van der Waals surface area contributed by atoms with E-state index in [4.69, 9.17) is 11.6 Å². The van der Waals surface area contributed by atoms with Crippen LogP contribution < -0.4 is 10.5 Å². The molecule has 0 saturated carbocycles.